The van der Waals surface area contributed by atoms with Crippen molar-refractivity contribution in [3.63, 3.8) is 0 Å². The first-order chi connectivity index (χ1) is 16.0. The second-order valence-electron chi connectivity index (χ2n) is 8.14. The Morgan fingerprint density at radius 2 is 1.79 bits per heavy atom. The molecule has 170 valence electrons. The van der Waals surface area contributed by atoms with Gasteiger partial charge in [0.2, 0.25) is 0 Å². The van der Waals surface area contributed by atoms with E-state index in [9.17, 15) is 14.7 Å². The lowest BCUT2D eigenvalue weighted by molar-refractivity contribution is -0.140. The highest BCUT2D eigenvalue weighted by Crippen LogP contribution is 2.40. The molecule has 0 bridgehead atoms. The fourth-order valence-electron chi connectivity index (χ4n) is 3.91. The van der Waals surface area contributed by atoms with E-state index in [1.165, 1.54) is 11.2 Å². The number of carbonyl (C=O) groups is 2. The lowest BCUT2D eigenvalue weighted by Gasteiger charge is -2.24. The van der Waals surface area contributed by atoms with Crippen LogP contribution in [0, 0.1) is 6.92 Å². The van der Waals surface area contributed by atoms with Crippen molar-refractivity contribution in [2.75, 3.05) is 6.61 Å². The van der Waals surface area contributed by atoms with Crippen LogP contribution >= 0.6 is 0 Å². The minimum absolute atomic E-state index is 0.0649. The normalized spacial score (nSPS) is 17.5. The van der Waals surface area contributed by atoms with E-state index in [2.05, 4.69) is 6.92 Å². The number of likely N-dealkylation sites (tertiary alicyclic amines) is 1. The fraction of sp³-hybridized carbons (Fsp3) is 0.259. The number of unbranched alkanes of at least 4 members (excludes halogenated alkanes) is 1. The highest BCUT2D eigenvalue weighted by molar-refractivity contribution is 6.46. The summed E-state index contributed by atoms with van der Waals surface area (Å²) in [5.41, 5.74) is 2.29. The van der Waals surface area contributed by atoms with Crippen LogP contribution in [-0.4, -0.2) is 28.3 Å². The molecule has 1 amide bonds. The molecule has 1 saturated heterocycles. The number of Topliss-reactive ketones (excluding diaryl/α,β-unsaturated/α-hetero) is 1. The van der Waals surface area contributed by atoms with Gasteiger partial charge in [-0.3, -0.25) is 9.59 Å². The standard InChI is InChI=1S/C27H27NO5/c1-3-4-15-32-21-13-11-19(12-14-21)24-23(25(29)20-9-7-18(2)8-10-20)26(30)27(31)28(24)17-22-6-5-16-33-22/h5-14,16,24,29H,3-4,15,17H2,1-2H3. The van der Waals surface area contributed by atoms with E-state index >= 15 is 0 Å². The van der Waals surface area contributed by atoms with Crippen LogP contribution in [0.3, 0.4) is 0 Å². The summed E-state index contributed by atoms with van der Waals surface area (Å²) in [4.78, 5) is 27.5. The summed E-state index contributed by atoms with van der Waals surface area (Å²) < 4.78 is 11.2. The van der Waals surface area contributed by atoms with Gasteiger partial charge >= 0.3 is 0 Å². The molecule has 0 aliphatic carbocycles. The molecule has 1 N–H and O–H groups in total. The van der Waals surface area contributed by atoms with Crippen molar-refractivity contribution in [3.05, 3.63) is 95.0 Å². The van der Waals surface area contributed by atoms with Crippen molar-refractivity contribution < 1.29 is 23.8 Å². The zero-order valence-corrected chi connectivity index (χ0v) is 18.8. The Morgan fingerprint density at radius 3 is 2.42 bits per heavy atom. The molecule has 0 spiro atoms. The van der Waals surface area contributed by atoms with Gasteiger partial charge in [-0.2, -0.15) is 0 Å². The molecule has 0 radical (unpaired) electrons. The van der Waals surface area contributed by atoms with Gasteiger partial charge in [0.1, 0.15) is 17.3 Å². The quantitative estimate of drug-likeness (QED) is 0.218. The van der Waals surface area contributed by atoms with Crippen molar-refractivity contribution in [3.8, 4) is 5.75 Å². The number of nitrogens with zero attached hydrogens (tertiary/aromatic N) is 1. The number of ether oxygens (including phenoxy) is 1. The van der Waals surface area contributed by atoms with Gasteiger partial charge in [0.05, 0.1) is 31.0 Å². The molecule has 1 aliphatic rings. The van der Waals surface area contributed by atoms with E-state index in [0.717, 1.165) is 18.4 Å². The number of ketones is 1. The molecule has 1 aromatic heterocycles. The number of benzene rings is 2. The number of hydrogen-bond acceptors (Lipinski definition) is 5. The summed E-state index contributed by atoms with van der Waals surface area (Å²) in [6, 6.07) is 17.2. The molecule has 33 heavy (non-hydrogen) atoms. The van der Waals surface area contributed by atoms with Crippen molar-refractivity contribution in [2.24, 2.45) is 0 Å². The van der Waals surface area contributed by atoms with Gasteiger partial charge < -0.3 is 19.2 Å². The Bertz CT molecular complexity index is 1140. The maximum atomic E-state index is 13.1. The van der Waals surface area contributed by atoms with Crippen LogP contribution in [0.4, 0.5) is 0 Å². The van der Waals surface area contributed by atoms with Crippen LogP contribution in [0.2, 0.25) is 0 Å². The van der Waals surface area contributed by atoms with Crippen molar-refractivity contribution in [2.45, 2.75) is 39.3 Å². The van der Waals surface area contributed by atoms with Crippen molar-refractivity contribution in [1.82, 2.24) is 4.90 Å². The van der Waals surface area contributed by atoms with Crippen LogP contribution in [0.15, 0.2) is 76.9 Å². The van der Waals surface area contributed by atoms with Gasteiger partial charge in [-0.1, -0.05) is 55.3 Å². The van der Waals surface area contributed by atoms with Gasteiger partial charge in [0.25, 0.3) is 11.7 Å². The number of furan rings is 1. The van der Waals surface area contributed by atoms with E-state index in [0.29, 0.717) is 29.2 Å². The second kappa shape index (κ2) is 9.77. The second-order valence-corrected chi connectivity index (χ2v) is 8.14. The van der Waals surface area contributed by atoms with Crippen molar-refractivity contribution >= 4 is 17.4 Å². The van der Waals surface area contributed by atoms with Crippen LogP contribution in [0.1, 0.15) is 48.3 Å². The van der Waals surface area contributed by atoms with Gasteiger partial charge in [-0.15, -0.1) is 0 Å². The van der Waals surface area contributed by atoms with Gasteiger partial charge in [-0.25, -0.2) is 0 Å². The van der Waals surface area contributed by atoms with E-state index in [1.807, 2.05) is 43.3 Å². The highest BCUT2D eigenvalue weighted by atomic mass is 16.5. The minimum Gasteiger partial charge on any atom is -0.507 e. The molecule has 2 aromatic carbocycles. The molecule has 1 atom stereocenters. The average molecular weight is 446 g/mol. The first-order valence-corrected chi connectivity index (χ1v) is 11.1. The molecule has 4 rings (SSSR count). The first kappa shape index (κ1) is 22.4. The summed E-state index contributed by atoms with van der Waals surface area (Å²) in [5, 5.41) is 11.1. The summed E-state index contributed by atoms with van der Waals surface area (Å²) in [5.74, 6) is -0.310. The maximum Gasteiger partial charge on any atom is 0.296 e. The molecule has 2 heterocycles. The number of aliphatic hydroxyl groups excluding tert-OH is 1. The molecule has 1 aliphatic heterocycles. The fourth-order valence-corrected chi connectivity index (χ4v) is 3.91. The molecule has 6 heteroatoms. The summed E-state index contributed by atoms with van der Waals surface area (Å²) >= 11 is 0. The summed E-state index contributed by atoms with van der Waals surface area (Å²) in [6.45, 7) is 4.78. The van der Waals surface area contributed by atoms with Crippen molar-refractivity contribution in [1.29, 1.82) is 0 Å². The van der Waals surface area contributed by atoms with E-state index in [1.54, 1.807) is 24.3 Å². The Morgan fingerprint density at radius 1 is 1.06 bits per heavy atom. The third-order valence-electron chi connectivity index (χ3n) is 5.73. The summed E-state index contributed by atoms with van der Waals surface area (Å²) in [7, 11) is 0. The predicted octanol–water partition coefficient (Wildman–Crippen LogP) is 5.39. The molecular weight excluding hydrogens is 418 g/mol. The van der Waals surface area contributed by atoms with E-state index in [-0.39, 0.29) is 17.9 Å². The Kier molecular flexibility index (Phi) is 6.63. The number of aryl methyl sites for hydroxylation is 1. The first-order valence-electron chi connectivity index (χ1n) is 11.1. The number of carbonyl (C=O) groups excluding carboxylic acids is 2. The Balaban J connectivity index is 1.75. The zero-order valence-electron chi connectivity index (χ0n) is 18.8. The third-order valence-corrected chi connectivity index (χ3v) is 5.73. The molecule has 1 unspecified atom stereocenters. The lowest BCUT2D eigenvalue weighted by Crippen LogP contribution is -2.29. The topological polar surface area (TPSA) is 80.0 Å². The highest BCUT2D eigenvalue weighted by Gasteiger charge is 2.46. The number of amides is 1. The summed E-state index contributed by atoms with van der Waals surface area (Å²) in [6.07, 6.45) is 3.52. The van der Waals surface area contributed by atoms with Crippen LogP contribution in [0.25, 0.3) is 5.76 Å². The zero-order chi connectivity index (χ0) is 23.4. The predicted molar refractivity (Wildman–Crippen MR) is 125 cm³/mol. The van der Waals surface area contributed by atoms with Crippen LogP contribution in [-0.2, 0) is 16.1 Å². The number of rotatable bonds is 8. The largest absolute Gasteiger partial charge is 0.507 e. The monoisotopic (exact) mass is 445 g/mol. The minimum atomic E-state index is -0.749. The Hall–Kier alpha value is -3.80. The maximum absolute atomic E-state index is 13.1. The van der Waals surface area contributed by atoms with Crippen LogP contribution in [0.5, 0.6) is 5.75 Å². The van der Waals surface area contributed by atoms with Gasteiger partial charge in [0.15, 0.2) is 0 Å². The smallest absolute Gasteiger partial charge is 0.296 e. The number of aliphatic hydroxyl groups is 1. The molecule has 1 fully saturated rings. The molecule has 3 aromatic rings. The van der Waals surface area contributed by atoms with Gasteiger partial charge in [-0.05, 0) is 43.2 Å². The molecular formula is C27H27NO5. The number of hydrogen-bond donors (Lipinski definition) is 1. The molecule has 0 saturated carbocycles. The van der Waals surface area contributed by atoms with Gasteiger partial charge in [0, 0.05) is 5.56 Å². The molecule has 6 nitrogen and oxygen atoms in total. The third kappa shape index (κ3) is 4.70. The SMILES string of the molecule is CCCCOc1ccc(C2C(=C(O)c3ccc(C)cc3)C(=O)C(=O)N2Cc2ccco2)cc1. The Labute approximate surface area is 193 Å². The van der Waals surface area contributed by atoms with E-state index in [4.69, 9.17) is 9.15 Å². The van der Waals surface area contributed by atoms with E-state index < -0.39 is 17.7 Å². The van der Waals surface area contributed by atoms with Crippen LogP contribution < -0.4 is 4.74 Å². The lowest BCUT2D eigenvalue weighted by atomic mass is 9.95. The average Bonchev–Trinajstić information content (AvgIpc) is 3.42.